The highest BCUT2D eigenvalue weighted by atomic mass is 19.4. The molecule has 0 bridgehead atoms. The van der Waals surface area contributed by atoms with Gasteiger partial charge >= 0.3 is 6.18 Å². The van der Waals surface area contributed by atoms with E-state index in [1.165, 1.54) is 30.6 Å². The first-order valence-electron chi connectivity index (χ1n) is 6.23. The number of aromatic nitrogens is 2. The molecule has 5 nitrogen and oxygen atoms in total. The number of rotatable bonds is 4. The molecule has 0 aliphatic rings. The van der Waals surface area contributed by atoms with Gasteiger partial charge < -0.3 is 10.4 Å². The molecule has 0 spiro atoms. The van der Waals surface area contributed by atoms with E-state index in [1.807, 2.05) is 5.32 Å². The Bertz CT molecular complexity index is 635. The molecule has 0 aliphatic carbocycles. The smallest absolute Gasteiger partial charge is 0.375 e. The molecule has 22 heavy (non-hydrogen) atoms. The maximum Gasteiger partial charge on any atom is 0.423 e. The summed E-state index contributed by atoms with van der Waals surface area (Å²) >= 11 is 0. The summed E-state index contributed by atoms with van der Waals surface area (Å²) < 4.78 is 39.6. The van der Waals surface area contributed by atoms with Crippen LogP contribution in [0.15, 0.2) is 48.9 Å². The molecule has 1 aromatic carbocycles. The molecule has 0 aliphatic heterocycles. The van der Waals surface area contributed by atoms with Crippen LogP contribution in [0.4, 0.5) is 13.2 Å². The average Bonchev–Trinajstić information content (AvgIpc) is 2.53. The zero-order valence-corrected chi connectivity index (χ0v) is 11.2. The van der Waals surface area contributed by atoms with Crippen molar-refractivity contribution in [3.8, 4) is 0 Å². The molecule has 1 amide bonds. The Morgan fingerprint density at radius 1 is 1.18 bits per heavy atom. The molecule has 2 rings (SSSR count). The monoisotopic (exact) mass is 311 g/mol. The second-order valence-corrected chi connectivity index (χ2v) is 4.50. The van der Waals surface area contributed by atoms with E-state index in [2.05, 4.69) is 9.97 Å². The van der Waals surface area contributed by atoms with Crippen LogP contribution >= 0.6 is 0 Å². The van der Waals surface area contributed by atoms with Crippen LogP contribution in [0.1, 0.15) is 16.1 Å². The van der Waals surface area contributed by atoms with E-state index in [9.17, 15) is 23.1 Å². The van der Waals surface area contributed by atoms with Gasteiger partial charge in [-0.2, -0.15) is 13.2 Å². The molecule has 0 fully saturated rings. The lowest BCUT2D eigenvalue weighted by Gasteiger charge is -2.31. The minimum Gasteiger partial charge on any atom is -0.375 e. The van der Waals surface area contributed by atoms with Crippen molar-refractivity contribution in [2.24, 2.45) is 0 Å². The van der Waals surface area contributed by atoms with Gasteiger partial charge in [-0.25, -0.2) is 4.98 Å². The molecule has 2 aromatic rings. The lowest BCUT2D eigenvalue weighted by Crippen LogP contribution is -2.51. The Morgan fingerprint density at radius 3 is 2.41 bits per heavy atom. The number of nitrogens with one attached hydrogen (secondary N) is 1. The number of alkyl halides is 3. The number of nitrogens with zero attached hydrogens (tertiary/aromatic N) is 2. The van der Waals surface area contributed by atoms with E-state index >= 15 is 0 Å². The highest BCUT2D eigenvalue weighted by Gasteiger charge is 2.55. The predicted molar refractivity (Wildman–Crippen MR) is 70.8 cm³/mol. The topological polar surface area (TPSA) is 75.1 Å². The Kier molecular flexibility index (Phi) is 4.41. The molecule has 1 unspecified atom stereocenters. The molecule has 1 aromatic heterocycles. The van der Waals surface area contributed by atoms with E-state index in [-0.39, 0.29) is 11.3 Å². The fourth-order valence-corrected chi connectivity index (χ4v) is 1.79. The van der Waals surface area contributed by atoms with Gasteiger partial charge in [-0.3, -0.25) is 9.78 Å². The number of hydrogen-bond acceptors (Lipinski definition) is 4. The largest absolute Gasteiger partial charge is 0.423 e. The summed E-state index contributed by atoms with van der Waals surface area (Å²) in [6.07, 6.45) is -1.27. The molecule has 0 saturated heterocycles. The lowest BCUT2D eigenvalue weighted by atomic mass is 9.93. The highest BCUT2D eigenvalue weighted by Crippen LogP contribution is 2.38. The summed E-state index contributed by atoms with van der Waals surface area (Å²) in [7, 11) is 0. The molecular weight excluding hydrogens is 299 g/mol. The van der Waals surface area contributed by atoms with Crippen molar-refractivity contribution < 1.29 is 23.1 Å². The van der Waals surface area contributed by atoms with Gasteiger partial charge in [-0.15, -0.1) is 0 Å². The van der Waals surface area contributed by atoms with Crippen LogP contribution in [-0.2, 0) is 5.60 Å². The van der Waals surface area contributed by atoms with Gasteiger partial charge in [0.1, 0.15) is 5.69 Å². The molecule has 8 heteroatoms. The fourth-order valence-electron chi connectivity index (χ4n) is 1.79. The number of amides is 1. The molecule has 0 saturated carbocycles. The zero-order valence-electron chi connectivity index (χ0n) is 11.2. The first-order valence-corrected chi connectivity index (χ1v) is 6.23. The predicted octanol–water partition coefficient (Wildman–Crippen LogP) is 1.66. The molecule has 1 atom stereocenters. The summed E-state index contributed by atoms with van der Waals surface area (Å²) in [5.74, 6) is -0.855. The van der Waals surface area contributed by atoms with Crippen LogP contribution in [0.3, 0.4) is 0 Å². The minimum atomic E-state index is -4.95. The summed E-state index contributed by atoms with van der Waals surface area (Å²) in [6.45, 7) is -1.03. The third kappa shape index (κ3) is 3.22. The van der Waals surface area contributed by atoms with E-state index in [1.54, 1.807) is 0 Å². The average molecular weight is 311 g/mol. The maximum atomic E-state index is 13.2. The summed E-state index contributed by atoms with van der Waals surface area (Å²) in [4.78, 5) is 19.1. The number of benzene rings is 1. The second kappa shape index (κ2) is 6.10. The van der Waals surface area contributed by atoms with Gasteiger partial charge in [0, 0.05) is 12.4 Å². The number of aliphatic hydroxyl groups is 1. The van der Waals surface area contributed by atoms with Crippen molar-refractivity contribution in [2.45, 2.75) is 11.8 Å². The normalized spacial score (nSPS) is 14.2. The molecule has 116 valence electrons. The van der Waals surface area contributed by atoms with Crippen molar-refractivity contribution in [2.75, 3.05) is 6.54 Å². The second-order valence-electron chi connectivity index (χ2n) is 4.50. The molecule has 1 heterocycles. The maximum absolute atomic E-state index is 13.2. The van der Waals surface area contributed by atoms with Crippen molar-refractivity contribution in [3.05, 3.63) is 60.2 Å². The van der Waals surface area contributed by atoms with Gasteiger partial charge in [0.05, 0.1) is 12.7 Å². The quantitative estimate of drug-likeness (QED) is 0.900. The number of halogens is 3. The standard InChI is InChI=1S/C14H12F3N3O2/c15-14(16,17)13(22,10-4-2-1-3-5-10)9-20-12(21)11-8-18-6-7-19-11/h1-8,22H,9H2,(H,20,21). The van der Waals surface area contributed by atoms with Gasteiger partial charge in [0.2, 0.25) is 5.60 Å². The Morgan fingerprint density at radius 2 is 1.86 bits per heavy atom. The fraction of sp³-hybridized carbons (Fsp3) is 0.214. The first-order chi connectivity index (χ1) is 10.3. The Balaban J connectivity index is 2.21. The van der Waals surface area contributed by atoms with Crippen LogP contribution in [-0.4, -0.2) is 33.7 Å². The van der Waals surface area contributed by atoms with Crippen molar-refractivity contribution in [1.82, 2.24) is 15.3 Å². The SMILES string of the molecule is O=C(NCC(O)(c1ccccc1)C(F)(F)F)c1cnccn1. The number of hydrogen-bond donors (Lipinski definition) is 2. The summed E-state index contributed by atoms with van der Waals surface area (Å²) in [5.41, 5.74) is -3.69. The van der Waals surface area contributed by atoms with E-state index in [4.69, 9.17) is 0 Å². The summed E-state index contributed by atoms with van der Waals surface area (Å²) in [5, 5.41) is 12.1. The van der Waals surface area contributed by atoms with Crippen LogP contribution in [0.25, 0.3) is 0 Å². The molecule has 2 N–H and O–H groups in total. The van der Waals surface area contributed by atoms with Crippen LogP contribution in [0.5, 0.6) is 0 Å². The third-order valence-corrected chi connectivity index (χ3v) is 3.02. The summed E-state index contributed by atoms with van der Waals surface area (Å²) in [6, 6.07) is 6.55. The molecule has 0 radical (unpaired) electrons. The van der Waals surface area contributed by atoms with Crippen LogP contribution < -0.4 is 5.32 Å². The van der Waals surface area contributed by atoms with Gasteiger partial charge in [0.25, 0.3) is 5.91 Å². The van der Waals surface area contributed by atoms with Gasteiger partial charge in [0.15, 0.2) is 0 Å². The van der Waals surface area contributed by atoms with E-state index < -0.39 is 24.2 Å². The van der Waals surface area contributed by atoms with Crippen molar-refractivity contribution >= 4 is 5.91 Å². The minimum absolute atomic E-state index is 0.139. The number of carbonyl (C=O) groups is 1. The van der Waals surface area contributed by atoms with E-state index in [0.29, 0.717) is 0 Å². The third-order valence-electron chi connectivity index (χ3n) is 3.02. The van der Waals surface area contributed by atoms with Crippen molar-refractivity contribution in [1.29, 1.82) is 0 Å². The highest BCUT2D eigenvalue weighted by molar-refractivity contribution is 5.91. The Labute approximate surface area is 123 Å². The van der Waals surface area contributed by atoms with Crippen LogP contribution in [0.2, 0.25) is 0 Å². The van der Waals surface area contributed by atoms with Crippen molar-refractivity contribution in [3.63, 3.8) is 0 Å². The number of carbonyl (C=O) groups excluding carboxylic acids is 1. The first kappa shape index (κ1) is 15.9. The van der Waals surface area contributed by atoms with Crippen LogP contribution in [0, 0.1) is 0 Å². The lowest BCUT2D eigenvalue weighted by molar-refractivity contribution is -0.263. The van der Waals surface area contributed by atoms with Gasteiger partial charge in [-0.1, -0.05) is 30.3 Å². The van der Waals surface area contributed by atoms with E-state index in [0.717, 1.165) is 18.3 Å². The Hall–Kier alpha value is -2.48. The van der Waals surface area contributed by atoms with Gasteiger partial charge in [-0.05, 0) is 5.56 Å². The zero-order chi connectivity index (χ0) is 16.2. The molecular formula is C14H12F3N3O2.